The topological polar surface area (TPSA) is 55.4 Å². The van der Waals surface area contributed by atoms with Gasteiger partial charge in [0.1, 0.15) is 12.4 Å². The molecular formula is C24H21NO3. The second kappa shape index (κ2) is 9.33. The van der Waals surface area contributed by atoms with Crippen LogP contribution in [-0.2, 0) is 11.4 Å². The number of ketones is 1. The quantitative estimate of drug-likeness (QED) is 0.463. The number of para-hydroxylation sites is 1. The van der Waals surface area contributed by atoms with Crippen molar-refractivity contribution in [1.82, 2.24) is 0 Å². The molecule has 3 rings (SSSR count). The van der Waals surface area contributed by atoms with Gasteiger partial charge in [-0.1, -0.05) is 60.7 Å². The molecule has 3 aromatic carbocycles. The highest BCUT2D eigenvalue weighted by Gasteiger charge is 2.05. The zero-order chi connectivity index (χ0) is 19.8. The molecule has 0 aliphatic heterocycles. The van der Waals surface area contributed by atoms with Crippen molar-refractivity contribution >= 4 is 23.5 Å². The summed E-state index contributed by atoms with van der Waals surface area (Å²) in [6, 6.07) is 24.4. The van der Waals surface area contributed by atoms with Crippen LogP contribution in [0.25, 0.3) is 6.08 Å². The lowest BCUT2D eigenvalue weighted by Crippen LogP contribution is -2.06. The van der Waals surface area contributed by atoms with Gasteiger partial charge in [-0.05, 0) is 35.9 Å². The number of benzene rings is 3. The summed E-state index contributed by atoms with van der Waals surface area (Å²) in [5.41, 5.74) is 3.00. The Kier molecular flexibility index (Phi) is 6.37. The molecule has 0 radical (unpaired) electrons. The standard InChI is InChI=1S/C24H21NO3/c1-18(26)25-22-12-7-11-21(16-22)23(27)15-14-20-10-5-6-13-24(20)28-17-19-8-3-2-4-9-19/h2-16H,17H2,1H3,(H,25,26). The van der Waals surface area contributed by atoms with Gasteiger partial charge in [0.2, 0.25) is 5.91 Å². The molecule has 0 saturated heterocycles. The molecule has 3 aromatic rings. The summed E-state index contributed by atoms with van der Waals surface area (Å²) in [6.07, 6.45) is 3.26. The van der Waals surface area contributed by atoms with Crippen LogP contribution in [0.4, 0.5) is 5.69 Å². The number of anilines is 1. The van der Waals surface area contributed by atoms with Gasteiger partial charge in [0.05, 0.1) is 0 Å². The summed E-state index contributed by atoms with van der Waals surface area (Å²) in [5, 5.41) is 2.68. The van der Waals surface area contributed by atoms with E-state index in [2.05, 4.69) is 5.32 Å². The minimum absolute atomic E-state index is 0.148. The van der Waals surface area contributed by atoms with Gasteiger partial charge in [0.25, 0.3) is 0 Å². The minimum Gasteiger partial charge on any atom is -0.488 e. The molecular weight excluding hydrogens is 350 g/mol. The van der Waals surface area contributed by atoms with Crippen molar-refractivity contribution in [3.05, 3.63) is 102 Å². The Balaban J connectivity index is 1.72. The summed E-state index contributed by atoms with van der Waals surface area (Å²) < 4.78 is 5.91. The first-order chi connectivity index (χ1) is 13.6. The zero-order valence-corrected chi connectivity index (χ0v) is 15.6. The first-order valence-corrected chi connectivity index (χ1v) is 8.97. The van der Waals surface area contributed by atoms with E-state index in [4.69, 9.17) is 4.74 Å². The average molecular weight is 371 g/mol. The lowest BCUT2D eigenvalue weighted by Gasteiger charge is -2.09. The van der Waals surface area contributed by atoms with Crippen molar-refractivity contribution in [2.45, 2.75) is 13.5 Å². The van der Waals surface area contributed by atoms with E-state index in [1.807, 2.05) is 54.6 Å². The molecule has 0 spiro atoms. The smallest absolute Gasteiger partial charge is 0.221 e. The molecule has 0 saturated carbocycles. The highest BCUT2D eigenvalue weighted by molar-refractivity contribution is 6.07. The van der Waals surface area contributed by atoms with Gasteiger partial charge in [-0.25, -0.2) is 0 Å². The Labute approximate surface area is 164 Å². The number of hydrogen-bond donors (Lipinski definition) is 1. The molecule has 0 heterocycles. The molecule has 140 valence electrons. The summed E-state index contributed by atoms with van der Waals surface area (Å²) >= 11 is 0. The number of nitrogens with one attached hydrogen (secondary N) is 1. The SMILES string of the molecule is CC(=O)Nc1cccc(C(=O)C=Cc2ccccc2OCc2ccccc2)c1. The maximum absolute atomic E-state index is 12.5. The van der Waals surface area contributed by atoms with E-state index in [0.29, 0.717) is 23.6 Å². The summed E-state index contributed by atoms with van der Waals surface area (Å²) in [5.74, 6) is 0.386. The molecule has 0 fully saturated rings. The molecule has 28 heavy (non-hydrogen) atoms. The number of allylic oxidation sites excluding steroid dienone is 1. The van der Waals surface area contributed by atoms with Crippen molar-refractivity contribution in [2.24, 2.45) is 0 Å². The Morgan fingerprint density at radius 3 is 2.46 bits per heavy atom. The van der Waals surface area contributed by atoms with E-state index >= 15 is 0 Å². The van der Waals surface area contributed by atoms with E-state index in [1.54, 1.807) is 30.3 Å². The van der Waals surface area contributed by atoms with Crippen molar-refractivity contribution < 1.29 is 14.3 Å². The normalized spacial score (nSPS) is 10.6. The van der Waals surface area contributed by atoms with Gasteiger partial charge in [-0.2, -0.15) is 0 Å². The van der Waals surface area contributed by atoms with Gasteiger partial charge < -0.3 is 10.1 Å². The van der Waals surface area contributed by atoms with Crippen molar-refractivity contribution in [3.8, 4) is 5.75 Å². The maximum Gasteiger partial charge on any atom is 0.221 e. The van der Waals surface area contributed by atoms with Crippen LogP contribution in [0.5, 0.6) is 5.75 Å². The minimum atomic E-state index is -0.176. The first-order valence-electron chi connectivity index (χ1n) is 8.97. The van der Waals surface area contributed by atoms with Gasteiger partial charge in [-0.3, -0.25) is 9.59 Å². The fraction of sp³-hybridized carbons (Fsp3) is 0.0833. The fourth-order valence-corrected chi connectivity index (χ4v) is 2.70. The zero-order valence-electron chi connectivity index (χ0n) is 15.6. The monoisotopic (exact) mass is 371 g/mol. The molecule has 0 unspecified atom stereocenters. The number of amides is 1. The number of rotatable bonds is 7. The number of hydrogen-bond acceptors (Lipinski definition) is 3. The van der Waals surface area contributed by atoms with Crippen molar-refractivity contribution in [1.29, 1.82) is 0 Å². The highest BCUT2D eigenvalue weighted by Crippen LogP contribution is 2.21. The predicted octanol–water partition coefficient (Wildman–Crippen LogP) is 5.12. The molecule has 0 aliphatic carbocycles. The Morgan fingerprint density at radius 1 is 0.929 bits per heavy atom. The lowest BCUT2D eigenvalue weighted by atomic mass is 10.1. The van der Waals surface area contributed by atoms with Crippen LogP contribution in [0.2, 0.25) is 0 Å². The number of ether oxygens (including phenoxy) is 1. The molecule has 4 nitrogen and oxygen atoms in total. The van der Waals surface area contributed by atoms with E-state index in [1.165, 1.54) is 13.0 Å². The van der Waals surface area contributed by atoms with Crippen molar-refractivity contribution in [3.63, 3.8) is 0 Å². The maximum atomic E-state index is 12.5. The number of carbonyl (C=O) groups is 2. The molecule has 0 aromatic heterocycles. The Morgan fingerprint density at radius 2 is 1.68 bits per heavy atom. The van der Waals surface area contributed by atoms with Crippen LogP contribution in [0.15, 0.2) is 84.9 Å². The fourth-order valence-electron chi connectivity index (χ4n) is 2.70. The summed E-state index contributed by atoms with van der Waals surface area (Å²) in [6.45, 7) is 1.89. The average Bonchev–Trinajstić information content (AvgIpc) is 2.71. The van der Waals surface area contributed by atoms with E-state index in [-0.39, 0.29) is 11.7 Å². The van der Waals surface area contributed by atoms with Gasteiger partial charge in [-0.15, -0.1) is 0 Å². The van der Waals surface area contributed by atoms with E-state index < -0.39 is 0 Å². The van der Waals surface area contributed by atoms with Crippen LogP contribution < -0.4 is 10.1 Å². The van der Waals surface area contributed by atoms with Crippen LogP contribution >= 0.6 is 0 Å². The van der Waals surface area contributed by atoms with Crippen LogP contribution in [-0.4, -0.2) is 11.7 Å². The third-order valence-electron chi connectivity index (χ3n) is 4.04. The predicted molar refractivity (Wildman–Crippen MR) is 111 cm³/mol. The van der Waals surface area contributed by atoms with Gasteiger partial charge in [0.15, 0.2) is 5.78 Å². The molecule has 0 bridgehead atoms. The number of carbonyl (C=O) groups excluding carboxylic acids is 2. The van der Waals surface area contributed by atoms with Crippen LogP contribution in [0.1, 0.15) is 28.4 Å². The lowest BCUT2D eigenvalue weighted by molar-refractivity contribution is -0.114. The molecule has 0 aliphatic rings. The summed E-state index contributed by atoms with van der Waals surface area (Å²) in [4.78, 5) is 23.7. The Hall–Kier alpha value is -3.66. The largest absolute Gasteiger partial charge is 0.488 e. The van der Waals surface area contributed by atoms with Crippen LogP contribution in [0, 0.1) is 0 Å². The van der Waals surface area contributed by atoms with Crippen molar-refractivity contribution in [2.75, 3.05) is 5.32 Å². The van der Waals surface area contributed by atoms with Gasteiger partial charge >= 0.3 is 0 Å². The molecule has 0 atom stereocenters. The van der Waals surface area contributed by atoms with E-state index in [9.17, 15) is 9.59 Å². The van der Waals surface area contributed by atoms with Crippen LogP contribution in [0.3, 0.4) is 0 Å². The van der Waals surface area contributed by atoms with E-state index in [0.717, 1.165) is 11.1 Å². The summed E-state index contributed by atoms with van der Waals surface area (Å²) in [7, 11) is 0. The third-order valence-corrected chi connectivity index (χ3v) is 4.04. The second-order valence-corrected chi connectivity index (χ2v) is 6.27. The molecule has 4 heteroatoms. The molecule has 1 N–H and O–H groups in total. The third kappa shape index (κ3) is 5.42. The molecule has 1 amide bonds. The second-order valence-electron chi connectivity index (χ2n) is 6.27. The Bertz CT molecular complexity index is 993. The first kappa shape index (κ1) is 19.1. The highest BCUT2D eigenvalue weighted by atomic mass is 16.5. The van der Waals surface area contributed by atoms with Gasteiger partial charge in [0, 0.05) is 23.7 Å².